The number of aliphatic imine (C=N–C) groups is 1. The fourth-order valence-electron chi connectivity index (χ4n) is 4.08. The van der Waals surface area contributed by atoms with Gasteiger partial charge in [0.2, 0.25) is 5.17 Å². The molecule has 1 amide bonds. The van der Waals surface area contributed by atoms with Gasteiger partial charge in [-0.15, -0.1) is 0 Å². The maximum atomic E-state index is 12.7. The van der Waals surface area contributed by atoms with Gasteiger partial charge in [0, 0.05) is 5.56 Å². The largest absolute Gasteiger partial charge is 0.490 e. The number of carbonyl (C=O) groups is 1. The van der Waals surface area contributed by atoms with Crippen LogP contribution in [-0.2, 0) is 4.79 Å². The standard InChI is InChI=1S/C31H30N4O3S/c1-4-21(3)23-11-15-26(16-12-23)38-18-17-37-25-13-7-22(8-14-25)19-27-28(32)35-31(33-29(27)36)39-30(34-35)24-9-5-20(2)6-10-24/h5-16,19,21,32H,4,17-18H2,1-3H3/b27-19-,32-28?/t21-/m1/s1. The molecular formula is C31H30N4O3S. The van der Waals surface area contributed by atoms with E-state index in [9.17, 15) is 4.79 Å². The Hall–Kier alpha value is -4.17. The Morgan fingerprint density at radius 2 is 1.56 bits per heavy atom. The predicted molar refractivity (Wildman–Crippen MR) is 158 cm³/mol. The molecule has 2 aliphatic heterocycles. The van der Waals surface area contributed by atoms with Crippen LogP contribution in [0.3, 0.4) is 0 Å². The summed E-state index contributed by atoms with van der Waals surface area (Å²) in [4.78, 5) is 16.9. The number of hydrazone groups is 1. The molecule has 0 unspecified atom stereocenters. The number of amidine groups is 2. The number of nitrogens with one attached hydrogen (secondary N) is 1. The number of nitrogens with zero attached hydrogens (tertiary/aromatic N) is 3. The van der Waals surface area contributed by atoms with Crippen molar-refractivity contribution in [3.63, 3.8) is 0 Å². The van der Waals surface area contributed by atoms with Gasteiger partial charge in [-0.25, -0.2) is 0 Å². The van der Waals surface area contributed by atoms with Gasteiger partial charge >= 0.3 is 0 Å². The molecule has 2 aliphatic rings. The molecule has 0 aliphatic carbocycles. The lowest BCUT2D eigenvalue weighted by atomic mass is 9.99. The van der Waals surface area contributed by atoms with Gasteiger partial charge in [0.15, 0.2) is 5.84 Å². The first kappa shape index (κ1) is 26.4. The minimum absolute atomic E-state index is 0.00858. The van der Waals surface area contributed by atoms with Crippen molar-refractivity contribution in [2.75, 3.05) is 13.2 Å². The average Bonchev–Trinajstić information content (AvgIpc) is 3.38. The van der Waals surface area contributed by atoms with Crippen molar-refractivity contribution in [2.24, 2.45) is 10.1 Å². The quantitative estimate of drug-likeness (QED) is 0.244. The summed E-state index contributed by atoms with van der Waals surface area (Å²) in [5.74, 6) is 1.62. The second kappa shape index (κ2) is 11.7. The molecule has 0 bridgehead atoms. The molecule has 0 radical (unpaired) electrons. The van der Waals surface area contributed by atoms with Crippen LogP contribution in [0, 0.1) is 12.3 Å². The topological polar surface area (TPSA) is 87.3 Å². The van der Waals surface area contributed by atoms with E-state index in [4.69, 9.17) is 14.9 Å². The fourth-order valence-corrected chi connectivity index (χ4v) is 4.98. The average molecular weight is 539 g/mol. The van der Waals surface area contributed by atoms with Crippen LogP contribution in [0.5, 0.6) is 11.5 Å². The normalized spacial score (nSPS) is 16.6. The summed E-state index contributed by atoms with van der Waals surface area (Å²) in [6.45, 7) is 7.26. The molecule has 198 valence electrons. The molecule has 8 heteroatoms. The molecule has 39 heavy (non-hydrogen) atoms. The molecule has 0 spiro atoms. The number of carbonyl (C=O) groups excluding carboxylic acids is 1. The van der Waals surface area contributed by atoms with Gasteiger partial charge in [-0.05, 0) is 72.5 Å². The summed E-state index contributed by atoms with van der Waals surface area (Å²) in [6, 6.07) is 23.5. The number of ether oxygens (including phenoxy) is 2. The molecule has 3 aromatic carbocycles. The lowest BCUT2D eigenvalue weighted by molar-refractivity contribution is -0.114. The number of hydrogen-bond donors (Lipinski definition) is 1. The van der Waals surface area contributed by atoms with E-state index in [1.807, 2.05) is 67.6 Å². The molecule has 5 rings (SSSR count). The van der Waals surface area contributed by atoms with Crippen molar-refractivity contribution in [1.29, 1.82) is 5.41 Å². The smallest absolute Gasteiger partial charge is 0.283 e. The summed E-state index contributed by atoms with van der Waals surface area (Å²) < 4.78 is 11.6. The van der Waals surface area contributed by atoms with Crippen molar-refractivity contribution in [1.82, 2.24) is 5.01 Å². The van der Waals surface area contributed by atoms with E-state index in [1.165, 1.54) is 22.3 Å². The Kier molecular flexibility index (Phi) is 7.93. The van der Waals surface area contributed by atoms with E-state index >= 15 is 0 Å². The van der Waals surface area contributed by atoms with Gasteiger partial charge in [-0.1, -0.05) is 67.9 Å². The van der Waals surface area contributed by atoms with Crippen molar-refractivity contribution in [2.45, 2.75) is 33.1 Å². The Morgan fingerprint density at radius 3 is 2.18 bits per heavy atom. The van der Waals surface area contributed by atoms with Crippen LogP contribution in [0.2, 0.25) is 0 Å². The van der Waals surface area contributed by atoms with E-state index < -0.39 is 5.91 Å². The van der Waals surface area contributed by atoms with Gasteiger partial charge < -0.3 is 9.47 Å². The van der Waals surface area contributed by atoms with Crippen molar-refractivity contribution >= 4 is 39.8 Å². The monoisotopic (exact) mass is 538 g/mol. The Labute approximate surface area is 232 Å². The number of fused-ring (bicyclic) bond motifs is 1. The molecule has 1 atom stereocenters. The first-order valence-corrected chi connectivity index (χ1v) is 13.8. The fraction of sp³-hybridized carbons (Fsp3) is 0.226. The van der Waals surface area contributed by atoms with Crippen molar-refractivity contribution in [3.05, 3.63) is 101 Å². The van der Waals surface area contributed by atoms with Gasteiger partial charge in [-0.3, -0.25) is 10.2 Å². The van der Waals surface area contributed by atoms with E-state index in [0.717, 1.165) is 28.9 Å². The molecule has 2 heterocycles. The van der Waals surface area contributed by atoms with Gasteiger partial charge in [0.25, 0.3) is 5.91 Å². The zero-order valence-corrected chi connectivity index (χ0v) is 23.0. The minimum Gasteiger partial charge on any atom is -0.490 e. The number of hydrogen-bond acceptors (Lipinski definition) is 6. The highest BCUT2D eigenvalue weighted by atomic mass is 32.2. The number of amides is 1. The van der Waals surface area contributed by atoms with E-state index in [1.54, 1.807) is 6.08 Å². The van der Waals surface area contributed by atoms with Crippen LogP contribution in [0.1, 0.15) is 48.4 Å². The summed E-state index contributed by atoms with van der Waals surface area (Å²) in [6.07, 6.45) is 2.77. The highest BCUT2D eigenvalue weighted by Gasteiger charge is 2.36. The lowest BCUT2D eigenvalue weighted by Crippen LogP contribution is -2.35. The maximum absolute atomic E-state index is 12.7. The van der Waals surface area contributed by atoms with Crippen LogP contribution < -0.4 is 9.47 Å². The highest BCUT2D eigenvalue weighted by Crippen LogP contribution is 2.31. The van der Waals surface area contributed by atoms with Gasteiger partial charge in [-0.2, -0.15) is 15.1 Å². The minimum atomic E-state index is -0.450. The van der Waals surface area contributed by atoms with Gasteiger partial charge in [0.05, 0.1) is 5.57 Å². The summed E-state index contributed by atoms with van der Waals surface area (Å²) in [5, 5.41) is 15.7. The summed E-state index contributed by atoms with van der Waals surface area (Å²) in [7, 11) is 0. The SMILES string of the molecule is CC[C@@H](C)c1ccc(OCCOc2ccc(/C=C3/C(=N)N4N=C(c5ccc(C)cc5)SC4=NC3=O)cc2)cc1. The second-order valence-electron chi connectivity index (χ2n) is 9.44. The molecule has 0 saturated carbocycles. The lowest BCUT2D eigenvalue weighted by Gasteiger charge is -2.20. The van der Waals surface area contributed by atoms with E-state index in [2.05, 4.69) is 36.1 Å². The van der Waals surface area contributed by atoms with Gasteiger partial charge in [0.1, 0.15) is 29.8 Å². The van der Waals surface area contributed by atoms with E-state index in [0.29, 0.717) is 35.1 Å². The van der Waals surface area contributed by atoms with Crippen LogP contribution >= 0.6 is 11.8 Å². The third-order valence-electron chi connectivity index (χ3n) is 6.63. The Balaban J connectivity index is 1.17. The third-order valence-corrected chi connectivity index (χ3v) is 7.58. The number of thioether (sulfide) groups is 1. The first-order chi connectivity index (χ1) is 18.9. The Bertz CT molecular complexity index is 1460. The predicted octanol–water partition coefficient (Wildman–Crippen LogP) is 6.63. The second-order valence-corrected chi connectivity index (χ2v) is 10.4. The van der Waals surface area contributed by atoms with E-state index in [-0.39, 0.29) is 11.4 Å². The summed E-state index contributed by atoms with van der Waals surface area (Å²) in [5.41, 5.74) is 4.34. The van der Waals surface area contributed by atoms with Crippen molar-refractivity contribution < 1.29 is 14.3 Å². The molecule has 0 fully saturated rings. The number of aryl methyl sites for hydroxylation is 1. The van der Waals surface area contributed by atoms with Crippen LogP contribution in [0.4, 0.5) is 0 Å². The molecule has 0 saturated heterocycles. The van der Waals surface area contributed by atoms with Crippen LogP contribution in [-0.4, -0.2) is 40.2 Å². The molecule has 7 nitrogen and oxygen atoms in total. The number of rotatable bonds is 9. The first-order valence-electron chi connectivity index (χ1n) is 12.9. The van der Waals surface area contributed by atoms with Crippen LogP contribution in [0.15, 0.2) is 88.5 Å². The molecule has 0 aromatic heterocycles. The number of benzene rings is 3. The summed E-state index contributed by atoms with van der Waals surface area (Å²) >= 11 is 1.29. The Morgan fingerprint density at radius 1 is 0.949 bits per heavy atom. The van der Waals surface area contributed by atoms with Crippen LogP contribution in [0.25, 0.3) is 6.08 Å². The molecular weight excluding hydrogens is 508 g/mol. The molecule has 1 N–H and O–H groups in total. The highest BCUT2D eigenvalue weighted by molar-refractivity contribution is 8.27. The third kappa shape index (κ3) is 6.12. The van der Waals surface area contributed by atoms with Crippen molar-refractivity contribution in [3.8, 4) is 11.5 Å². The zero-order chi connectivity index (χ0) is 27.4. The molecule has 3 aromatic rings. The zero-order valence-electron chi connectivity index (χ0n) is 22.2. The maximum Gasteiger partial charge on any atom is 0.283 e.